The third-order valence-corrected chi connectivity index (χ3v) is 2.92. The molecule has 0 aliphatic rings. The van der Waals surface area contributed by atoms with Crippen molar-refractivity contribution in [3.05, 3.63) is 58.9 Å². The van der Waals surface area contributed by atoms with Gasteiger partial charge in [0.1, 0.15) is 0 Å². The highest BCUT2D eigenvalue weighted by atomic mass is 16.1. The molecule has 4 nitrogen and oxygen atoms in total. The summed E-state index contributed by atoms with van der Waals surface area (Å²) in [6, 6.07) is 9.30. The Hall–Kier alpha value is -2.20. The second kappa shape index (κ2) is 5.63. The van der Waals surface area contributed by atoms with Gasteiger partial charge in [0, 0.05) is 24.0 Å². The molecule has 0 fully saturated rings. The minimum absolute atomic E-state index is 0.149. The Bertz CT molecular complexity index is 608. The normalized spacial score (nSPS) is 10.3. The highest BCUT2D eigenvalue weighted by Gasteiger charge is 2.08. The van der Waals surface area contributed by atoms with Gasteiger partial charge in [-0.3, -0.25) is 9.78 Å². The number of nitrogens with two attached hydrogens (primary N) is 1. The lowest BCUT2D eigenvalue weighted by Gasteiger charge is -2.09. The number of rotatable bonds is 3. The summed E-state index contributed by atoms with van der Waals surface area (Å²) in [5.74, 6) is -0.149. The lowest BCUT2D eigenvalue weighted by Crippen LogP contribution is -2.14. The van der Waals surface area contributed by atoms with Gasteiger partial charge in [-0.15, -0.1) is 0 Å². The summed E-state index contributed by atoms with van der Waals surface area (Å²) in [4.78, 5) is 16.2. The van der Waals surface area contributed by atoms with Crippen LogP contribution in [0.3, 0.4) is 0 Å². The number of aromatic nitrogens is 1. The van der Waals surface area contributed by atoms with E-state index in [-0.39, 0.29) is 5.91 Å². The van der Waals surface area contributed by atoms with E-state index in [0.717, 1.165) is 11.3 Å². The quantitative estimate of drug-likeness (QED) is 0.885. The van der Waals surface area contributed by atoms with Crippen LogP contribution in [0.15, 0.2) is 36.5 Å². The molecule has 0 saturated heterocycles. The summed E-state index contributed by atoms with van der Waals surface area (Å²) in [7, 11) is 0. The standard InChI is InChI=1S/C15H17N3O/c1-10-3-4-14(11(2)7-10)18-15(19)12-5-6-17-13(8-12)9-16/h3-8H,9,16H2,1-2H3,(H,18,19). The Labute approximate surface area is 112 Å². The van der Waals surface area contributed by atoms with Gasteiger partial charge in [-0.2, -0.15) is 0 Å². The maximum Gasteiger partial charge on any atom is 0.255 e. The molecule has 1 aromatic heterocycles. The van der Waals surface area contributed by atoms with Crippen LogP contribution < -0.4 is 11.1 Å². The number of carbonyl (C=O) groups excluding carboxylic acids is 1. The SMILES string of the molecule is Cc1ccc(NC(=O)c2ccnc(CN)c2)c(C)c1. The van der Waals surface area contributed by atoms with Crippen LogP contribution in [0.5, 0.6) is 0 Å². The second-order valence-corrected chi connectivity index (χ2v) is 4.51. The minimum atomic E-state index is -0.149. The van der Waals surface area contributed by atoms with E-state index in [1.807, 2.05) is 32.0 Å². The van der Waals surface area contributed by atoms with Crippen LogP contribution >= 0.6 is 0 Å². The Morgan fingerprint density at radius 2 is 2.05 bits per heavy atom. The van der Waals surface area contributed by atoms with Gasteiger partial charge in [0.25, 0.3) is 5.91 Å². The zero-order valence-corrected chi connectivity index (χ0v) is 11.1. The van der Waals surface area contributed by atoms with E-state index in [2.05, 4.69) is 10.3 Å². The van der Waals surface area contributed by atoms with E-state index < -0.39 is 0 Å². The number of hydrogen-bond donors (Lipinski definition) is 2. The van der Waals surface area contributed by atoms with Crippen LogP contribution in [0.4, 0.5) is 5.69 Å². The molecule has 0 radical (unpaired) electrons. The molecule has 0 bridgehead atoms. The van der Waals surface area contributed by atoms with Crippen molar-refractivity contribution < 1.29 is 4.79 Å². The molecule has 0 aliphatic carbocycles. The molecule has 98 valence electrons. The average Bonchev–Trinajstić information content (AvgIpc) is 2.42. The van der Waals surface area contributed by atoms with Crippen molar-refractivity contribution in [2.75, 3.05) is 5.32 Å². The maximum atomic E-state index is 12.1. The molecule has 19 heavy (non-hydrogen) atoms. The van der Waals surface area contributed by atoms with Crippen LogP contribution in [-0.2, 0) is 6.54 Å². The summed E-state index contributed by atoms with van der Waals surface area (Å²) in [6.45, 7) is 4.32. The average molecular weight is 255 g/mol. The zero-order valence-electron chi connectivity index (χ0n) is 11.1. The molecule has 2 rings (SSSR count). The first-order chi connectivity index (χ1) is 9.10. The molecule has 0 atom stereocenters. The van der Waals surface area contributed by atoms with Gasteiger partial charge >= 0.3 is 0 Å². The highest BCUT2D eigenvalue weighted by Crippen LogP contribution is 2.17. The van der Waals surface area contributed by atoms with Gasteiger partial charge < -0.3 is 11.1 Å². The number of pyridine rings is 1. The molecule has 1 amide bonds. The fourth-order valence-corrected chi connectivity index (χ4v) is 1.88. The van der Waals surface area contributed by atoms with Crippen molar-refractivity contribution in [1.82, 2.24) is 4.98 Å². The first-order valence-corrected chi connectivity index (χ1v) is 6.14. The molecule has 0 saturated carbocycles. The summed E-state index contributed by atoms with van der Waals surface area (Å²) in [5.41, 5.74) is 9.82. The predicted molar refractivity (Wildman–Crippen MR) is 76.0 cm³/mol. The topological polar surface area (TPSA) is 68.0 Å². The monoisotopic (exact) mass is 255 g/mol. The Morgan fingerprint density at radius 3 is 2.74 bits per heavy atom. The molecule has 3 N–H and O–H groups in total. The first-order valence-electron chi connectivity index (χ1n) is 6.14. The van der Waals surface area contributed by atoms with Gasteiger partial charge in [-0.25, -0.2) is 0 Å². The minimum Gasteiger partial charge on any atom is -0.325 e. The number of amides is 1. The van der Waals surface area contributed by atoms with Crippen LogP contribution in [-0.4, -0.2) is 10.9 Å². The Balaban J connectivity index is 2.20. The number of benzene rings is 1. The van der Waals surface area contributed by atoms with Crippen molar-refractivity contribution >= 4 is 11.6 Å². The fraction of sp³-hybridized carbons (Fsp3) is 0.200. The van der Waals surface area contributed by atoms with Gasteiger partial charge in [-0.05, 0) is 37.6 Å². The van der Waals surface area contributed by atoms with E-state index in [9.17, 15) is 4.79 Å². The summed E-state index contributed by atoms with van der Waals surface area (Å²) in [6.07, 6.45) is 1.60. The van der Waals surface area contributed by atoms with Crippen LogP contribution in [0, 0.1) is 13.8 Å². The van der Waals surface area contributed by atoms with Gasteiger partial charge in [0.2, 0.25) is 0 Å². The number of anilines is 1. The number of nitrogens with one attached hydrogen (secondary N) is 1. The van der Waals surface area contributed by atoms with Crippen molar-refractivity contribution in [2.45, 2.75) is 20.4 Å². The van der Waals surface area contributed by atoms with E-state index >= 15 is 0 Å². The number of nitrogens with zero attached hydrogens (tertiary/aromatic N) is 1. The molecule has 0 spiro atoms. The Morgan fingerprint density at radius 1 is 1.26 bits per heavy atom. The molecular weight excluding hydrogens is 238 g/mol. The van der Waals surface area contributed by atoms with Gasteiger partial charge in [0.05, 0.1) is 5.69 Å². The maximum absolute atomic E-state index is 12.1. The number of carbonyl (C=O) groups is 1. The van der Waals surface area contributed by atoms with E-state index in [0.29, 0.717) is 17.8 Å². The van der Waals surface area contributed by atoms with E-state index in [1.165, 1.54) is 5.56 Å². The molecule has 4 heteroatoms. The number of aryl methyl sites for hydroxylation is 2. The smallest absolute Gasteiger partial charge is 0.255 e. The first kappa shape index (κ1) is 13.2. The van der Waals surface area contributed by atoms with E-state index in [4.69, 9.17) is 5.73 Å². The number of hydrogen-bond acceptors (Lipinski definition) is 3. The predicted octanol–water partition coefficient (Wildman–Crippen LogP) is 2.41. The molecule has 0 unspecified atom stereocenters. The molecule has 2 aromatic rings. The summed E-state index contributed by atoms with van der Waals surface area (Å²) < 4.78 is 0. The fourth-order valence-electron chi connectivity index (χ4n) is 1.88. The second-order valence-electron chi connectivity index (χ2n) is 4.51. The summed E-state index contributed by atoms with van der Waals surface area (Å²) in [5, 5.41) is 2.90. The van der Waals surface area contributed by atoms with Crippen molar-refractivity contribution in [2.24, 2.45) is 5.73 Å². The van der Waals surface area contributed by atoms with Crippen LogP contribution in [0.2, 0.25) is 0 Å². The molecule has 0 aliphatic heterocycles. The molecular formula is C15H17N3O. The third-order valence-electron chi connectivity index (χ3n) is 2.92. The summed E-state index contributed by atoms with van der Waals surface area (Å²) >= 11 is 0. The lowest BCUT2D eigenvalue weighted by molar-refractivity contribution is 0.102. The lowest BCUT2D eigenvalue weighted by atomic mass is 10.1. The van der Waals surface area contributed by atoms with E-state index in [1.54, 1.807) is 18.3 Å². The zero-order chi connectivity index (χ0) is 13.8. The van der Waals surface area contributed by atoms with Crippen molar-refractivity contribution in [3.8, 4) is 0 Å². The Kier molecular flexibility index (Phi) is 3.92. The third kappa shape index (κ3) is 3.17. The van der Waals surface area contributed by atoms with Crippen molar-refractivity contribution in [3.63, 3.8) is 0 Å². The largest absolute Gasteiger partial charge is 0.325 e. The van der Waals surface area contributed by atoms with Crippen LogP contribution in [0.25, 0.3) is 0 Å². The van der Waals surface area contributed by atoms with Gasteiger partial charge in [-0.1, -0.05) is 17.7 Å². The van der Waals surface area contributed by atoms with Crippen molar-refractivity contribution in [1.29, 1.82) is 0 Å². The van der Waals surface area contributed by atoms with Gasteiger partial charge in [0.15, 0.2) is 0 Å². The molecule has 1 aromatic carbocycles. The van der Waals surface area contributed by atoms with Crippen LogP contribution in [0.1, 0.15) is 27.2 Å². The molecule has 1 heterocycles. The highest BCUT2D eigenvalue weighted by molar-refractivity contribution is 6.04.